The van der Waals surface area contributed by atoms with E-state index in [1.165, 1.54) is 17.0 Å². The van der Waals surface area contributed by atoms with Crippen LogP contribution in [0.5, 0.6) is 0 Å². The minimum atomic E-state index is -0.938. The Hall–Kier alpha value is -2.28. The summed E-state index contributed by atoms with van der Waals surface area (Å²) in [7, 11) is 0. The molecule has 1 aromatic carbocycles. The van der Waals surface area contributed by atoms with Crippen LogP contribution in [0, 0.1) is 5.82 Å². The van der Waals surface area contributed by atoms with Crippen molar-refractivity contribution < 1.29 is 23.5 Å². The Morgan fingerprint density at radius 3 is 2.65 bits per heavy atom. The molecule has 1 atom stereocenters. The summed E-state index contributed by atoms with van der Waals surface area (Å²) in [5.74, 6) is -2.82. The van der Waals surface area contributed by atoms with Gasteiger partial charge < -0.3 is 15.4 Å². The molecule has 1 fully saturated rings. The topological polar surface area (TPSA) is 89.7 Å². The molecule has 0 spiro atoms. The molecule has 1 saturated heterocycles. The number of hydrogen-bond donors (Lipinski definition) is 1. The number of rotatable bonds is 2. The van der Waals surface area contributed by atoms with Gasteiger partial charge in [0.05, 0.1) is 17.3 Å². The van der Waals surface area contributed by atoms with Crippen LogP contribution in [0.25, 0.3) is 0 Å². The van der Waals surface area contributed by atoms with Crippen LogP contribution < -0.4 is 10.6 Å². The number of amides is 1. The number of nitrogens with zero attached hydrogens (tertiary/aromatic N) is 1. The second kappa shape index (κ2) is 5.38. The molecule has 1 heterocycles. The van der Waals surface area contributed by atoms with Crippen LogP contribution in [0.3, 0.4) is 0 Å². The number of carbonyl (C=O) groups is 3. The number of nitrogens with two attached hydrogens (primary N) is 1. The van der Waals surface area contributed by atoms with Gasteiger partial charge in [-0.15, -0.1) is 0 Å². The Balaban J connectivity index is 2.24. The van der Waals surface area contributed by atoms with Gasteiger partial charge in [-0.1, -0.05) is 0 Å². The molecule has 0 aromatic heterocycles. The first-order valence-electron chi connectivity index (χ1n) is 5.99. The smallest absolute Gasteiger partial charge is 0.345 e. The number of hydrogen-bond acceptors (Lipinski definition) is 5. The highest BCUT2D eigenvalue weighted by molar-refractivity contribution is 6.00. The summed E-state index contributed by atoms with van der Waals surface area (Å²) in [6.45, 7) is 1.40. The average Bonchev–Trinajstić information content (AvgIpc) is 2.69. The van der Waals surface area contributed by atoms with Crippen molar-refractivity contribution in [2.45, 2.75) is 19.4 Å². The van der Waals surface area contributed by atoms with Crippen molar-refractivity contribution in [1.29, 1.82) is 0 Å². The van der Waals surface area contributed by atoms with Crippen LogP contribution in [0.4, 0.5) is 10.1 Å². The lowest BCUT2D eigenvalue weighted by Gasteiger charge is -2.17. The van der Waals surface area contributed by atoms with E-state index >= 15 is 0 Å². The predicted octanol–water partition coefficient (Wildman–Crippen LogP) is 0.593. The van der Waals surface area contributed by atoms with E-state index in [0.717, 1.165) is 13.0 Å². The van der Waals surface area contributed by atoms with Crippen LogP contribution in [0.2, 0.25) is 0 Å². The maximum atomic E-state index is 14.0. The van der Waals surface area contributed by atoms with Crippen molar-refractivity contribution in [1.82, 2.24) is 0 Å². The van der Waals surface area contributed by atoms with E-state index < -0.39 is 23.8 Å². The third-order valence-electron chi connectivity index (χ3n) is 2.96. The van der Waals surface area contributed by atoms with E-state index in [9.17, 15) is 18.8 Å². The van der Waals surface area contributed by atoms with Crippen molar-refractivity contribution in [2.75, 3.05) is 11.4 Å². The summed E-state index contributed by atoms with van der Waals surface area (Å²) in [6, 6.07) is 2.89. The van der Waals surface area contributed by atoms with Gasteiger partial charge in [0.15, 0.2) is 0 Å². The number of halogens is 1. The summed E-state index contributed by atoms with van der Waals surface area (Å²) in [4.78, 5) is 35.1. The van der Waals surface area contributed by atoms with Crippen molar-refractivity contribution >= 4 is 23.5 Å². The molecule has 106 valence electrons. The lowest BCUT2D eigenvalue weighted by molar-refractivity contribution is -0.135. The summed E-state index contributed by atoms with van der Waals surface area (Å²) < 4.78 is 18.3. The molecule has 1 aromatic rings. The molecule has 0 saturated carbocycles. The Morgan fingerprint density at radius 2 is 2.15 bits per heavy atom. The molecule has 6 nitrogen and oxygen atoms in total. The lowest BCUT2D eigenvalue weighted by atomic mass is 10.2. The maximum absolute atomic E-state index is 14.0. The van der Waals surface area contributed by atoms with Crippen molar-refractivity contribution in [3.05, 3.63) is 29.6 Å². The third kappa shape index (κ3) is 2.67. The molecule has 0 bridgehead atoms. The predicted molar refractivity (Wildman–Crippen MR) is 67.4 cm³/mol. The largest absolute Gasteiger partial charge is 0.390 e. The van der Waals surface area contributed by atoms with Crippen LogP contribution in [0.1, 0.15) is 23.7 Å². The van der Waals surface area contributed by atoms with Crippen LogP contribution in [-0.2, 0) is 14.3 Å². The Morgan fingerprint density at radius 1 is 1.45 bits per heavy atom. The molecule has 1 aliphatic heterocycles. The van der Waals surface area contributed by atoms with Crippen LogP contribution in [0.15, 0.2) is 18.2 Å². The Labute approximate surface area is 114 Å². The van der Waals surface area contributed by atoms with Crippen LogP contribution >= 0.6 is 0 Å². The number of ether oxygens (including phenoxy) is 1. The molecule has 7 heteroatoms. The van der Waals surface area contributed by atoms with Gasteiger partial charge in [0.1, 0.15) is 5.82 Å². The fourth-order valence-electron chi connectivity index (χ4n) is 1.98. The number of benzene rings is 1. The van der Waals surface area contributed by atoms with Gasteiger partial charge in [0.25, 0.3) is 0 Å². The molecule has 2 rings (SSSR count). The Bertz CT molecular complexity index is 588. The summed E-state index contributed by atoms with van der Waals surface area (Å²) in [5.41, 5.74) is 5.52. The van der Waals surface area contributed by atoms with Crippen molar-refractivity contribution in [3.8, 4) is 0 Å². The van der Waals surface area contributed by atoms with Gasteiger partial charge in [0.2, 0.25) is 5.91 Å². The number of carbonyl (C=O) groups excluding carboxylic acids is 3. The van der Waals surface area contributed by atoms with Gasteiger partial charge in [-0.25, -0.2) is 9.18 Å². The molecule has 0 radical (unpaired) electrons. The minimum Gasteiger partial charge on any atom is -0.390 e. The number of anilines is 1. The van der Waals surface area contributed by atoms with Gasteiger partial charge in [-0.2, -0.15) is 0 Å². The third-order valence-corrected chi connectivity index (χ3v) is 2.96. The second-order valence-corrected chi connectivity index (χ2v) is 4.43. The summed E-state index contributed by atoms with van der Waals surface area (Å²) >= 11 is 0. The highest BCUT2D eigenvalue weighted by Crippen LogP contribution is 2.25. The van der Waals surface area contributed by atoms with E-state index in [2.05, 4.69) is 4.74 Å². The fourth-order valence-corrected chi connectivity index (χ4v) is 1.98. The van der Waals surface area contributed by atoms with E-state index in [0.29, 0.717) is 13.0 Å². The van der Waals surface area contributed by atoms with Gasteiger partial charge in [-0.05, 0) is 24.6 Å². The average molecular weight is 280 g/mol. The maximum Gasteiger partial charge on any atom is 0.345 e. The highest BCUT2D eigenvalue weighted by Gasteiger charge is 2.31. The monoisotopic (exact) mass is 280 g/mol. The first-order valence-corrected chi connectivity index (χ1v) is 5.99. The van der Waals surface area contributed by atoms with E-state index in [1.54, 1.807) is 0 Å². The van der Waals surface area contributed by atoms with Gasteiger partial charge in [0, 0.05) is 13.5 Å². The number of esters is 2. The SMILES string of the molecule is CC(=O)OC(=O)c1ccc(N2CCC(N)C2=O)c(F)c1. The fraction of sp³-hybridized carbons (Fsp3) is 0.308. The zero-order valence-corrected chi connectivity index (χ0v) is 10.8. The Kier molecular flexibility index (Phi) is 3.80. The van der Waals surface area contributed by atoms with Crippen molar-refractivity contribution in [2.24, 2.45) is 5.73 Å². The molecular weight excluding hydrogens is 267 g/mol. The molecule has 1 amide bonds. The van der Waals surface area contributed by atoms with Gasteiger partial charge in [-0.3, -0.25) is 9.59 Å². The minimum absolute atomic E-state index is 0.0577. The molecule has 1 unspecified atom stereocenters. The normalized spacial score (nSPS) is 18.2. The molecule has 1 aliphatic rings. The van der Waals surface area contributed by atoms with E-state index in [-0.39, 0.29) is 17.2 Å². The first-order chi connectivity index (χ1) is 9.40. The first kappa shape index (κ1) is 14.1. The molecular formula is C13H13FN2O4. The summed E-state index contributed by atoms with van der Waals surface area (Å²) in [5, 5.41) is 0. The zero-order chi connectivity index (χ0) is 14.9. The van der Waals surface area contributed by atoms with E-state index in [1.807, 2.05) is 0 Å². The van der Waals surface area contributed by atoms with Gasteiger partial charge >= 0.3 is 11.9 Å². The van der Waals surface area contributed by atoms with Crippen LogP contribution in [-0.4, -0.2) is 30.4 Å². The zero-order valence-electron chi connectivity index (χ0n) is 10.8. The standard InChI is InChI=1S/C13H13FN2O4/c1-7(17)20-13(19)8-2-3-11(9(14)6-8)16-5-4-10(15)12(16)18/h2-3,6,10H,4-5,15H2,1H3. The molecule has 0 aliphatic carbocycles. The lowest BCUT2D eigenvalue weighted by Crippen LogP contribution is -2.34. The summed E-state index contributed by atoms with van der Waals surface area (Å²) in [6.07, 6.45) is 0.451. The molecule has 20 heavy (non-hydrogen) atoms. The second-order valence-electron chi connectivity index (χ2n) is 4.43. The van der Waals surface area contributed by atoms with E-state index in [4.69, 9.17) is 5.73 Å². The highest BCUT2D eigenvalue weighted by atomic mass is 19.1. The van der Waals surface area contributed by atoms with Crippen molar-refractivity contribution in [3.63, 3.8) is 0 Å². The molecule has 2 N–H and O–H groups in total. The quantitative estimate of drug-likeness (QED) is 0.632.